The lowest BCUT2D eigenvalue weighted by molar-refractivity contribution is -0.157. The molecule has 35 heavy (non-hydrogen) atoms. The summed E-state index contributed by atoms with van der Waals surface area (Å²) in [4.78, 5) is 62.1. The SMILES string of the molecule is CCOC(=O)C[C@@H](C(=O)OCC)[C@H](NC(=O)[C@H](CC(C)C)NC(=O)OCc1ccccc1)C(N)=O. The van der Waals surface area contributed by atoms with Crippen LogP contribution in [-0.2, 0) is 40.0 Å². The van der Waals surface area contributed by atoms with E-state index in [9.17, 15) is 24.0 Å². The average Bonchev–Trinajstić information content (AvgIpc) is 2.80. The van der Waals surface area contributed by atoms with Gasteiger partial charge in [0.2, 0.25) is 11.8 Å². The second kappa shape index (κ2) is 15.3. The van der Waals surface area contributed by atoms with Crippen molar-refractivity contribution in [3.63, 3.8) is 0 Å². The minimum atomic E-state index is -1.57. The zero-order chi connectivity index (χ0) is 26.4. The number of carbonyl (C=O) groups is 5. The third-order valence-corrected chi connectivity index (χ3v) is 4.82. The minimum Gasteiger partial charge on any atom is -0.466 e. The Morgan fingerprint density at radius 1 is 0.914 bits per heavy atom. The van der Waals surface area contributed by atoms with Gasteiger partial charge in [0.25, 0.3) is 0 Å². The second-order valence-corrected chi connectivity index (χ2v) is 8.14. The Labute approximate surface area is 205 Å². The van der Waals surface area contributed by atoms with Gasteiger partial charge >= 0.3 is 18.0 Å². The van der Waals surface area contributed by atoms with Gasteiger partial charge in [-0.25, -0.2) is 4.79 Å². The van der Waals surface area contributed by atoms with Crippen molar-refractivity contribution in [2.75, 3.05) is 13.2 Å². The van der Waals surface area contributed by atoms with Crippen molar-refractivity contribution in [2.45, 2.75) is 59.2 Å². The van der Waals surface area contributed by atoms with Gasteiger partial charge in [-0.1, -0.05) is 44.2 Å². The fourth-order valence-electron chi connectivity index (χ4n) is 3.22. The Balaban J connectivity index is 2.99. The molecule has 0 fully saturated rings. The van der Waals surface area contributed by atoms with Crippen LogP contribution in [0.1, 0.15) is 46.1 Å². The number of nitrogens with two attached hydrogens (primary N) is 1. The molecule has 0 aliphatic rings. The lowest BCUT2D eigenvalue weighted by atomic mass is 9.94. The maximum atomic E-state index is 13.0. The number of amides is 3. The quantitative estimate of drug-likeness (QED) is 0.259. The second-order valence-electron chi connectivity index (χ2n) is 8.14. The van der Waals surface area contributed by atoms with Crippen molar-refractivity contribution in [1.82, 2.24) is 10.6 Å². The molecular formula is C24H35N3O8. The largest absolute Gasteiger partial charge is 0.466 e. The topological polar surface area (TPSA) is 163 Å². The van der Waals surface area contributed by atoms with E-state index in [1.807, 2.05) is 19.9 Å². The zero-order valence-corrected chi connectivity index (χ0v) is 20.6. The Bertz CT molecular complexity index is 860. The zero-order valence-electron chi connectivity index (χ0n) is 20.6. The van der Waals surface area contributed by atoms with E-state index < -0.39 is 54.3 Å². The molecule has 0 aliphatic heterocycles. The van der Waals surface area contributed by atoms with Crippen LogP contribution in [0.2, 0.25) is 0 Å². The molecule has 1 aromatic rings. The predicted molar refractivity (Wildman–Crippen MR) is 126 cm³/mol. The molecule has 0 radical (unpaired) electrons. The van der Waals surface area contributed by atoms with Crippen LogP contribution in [0.4, 0.5) is 4.79 Å². The van der Waals surface area contributed by atoms with E-state index in [2.05, 4.69) is 10.6 Å². The highest BCUT2D eigenvalue weighted by Crippen LogP contribution is 2.15. The van der Waals surface area contributed by atoms with Crippen LogP contribution in [0.5, 0.6) is 0 Å². The van der Waals surface area contributed by atoms with Gasteiger partial charge in [-0.05, 0) is 31.7 Å². The number of carbonyl (C=O) groups excluding carboxylic acids is 5. The van der Waals surface area contributed by atoms with Crippen molar-refractivity contribution in [3.8, 4) is 0 Å². The highest BCUT2D eigenvalue weighted by atomic mass is 16.6. The fraction of sp³-hybridized carbons (Fsp3) is 0.542. The number of ether oxygens (including phenoxy) is 3. The third kappa shape index (κ3) is 10.9. The molecule has 194 valence electrons. The summed E-state index contributed by atoms with van der Waals surface area (Å²) in [5.74, 6) is -4.88. The highest BCUT2D eigenvalue weighted by molar-refractivity contribution is 5.94. The number of alkyl carbamates (subject to hydrolysis) is 1. The first-order chi connectivity index (χ1) is 16.6. The van der Waals surface area contributed by atoms with Gasteiger partial charge in [0.05, 0.1) is 25.6 Å². The molecule has 0 saturated heterocycles. The summed E-state index contributed by atoms with van der Waals surface area (Å²) in [6, 6.07) is 6.32. The summed E-state index contributed by atoms with van der Waals surface area (Å²) < 4.78 is 15.0. The fourth-order valence-corrected chi connectivity index (χ4v) is 3.22. The molecule has 0 aromatic heterocycles. The van der Waals surface area contributed by atoms with Gasteiger partial charge in [0.15, 0.2) is 0 Å². The molecule has 1 rings (SSSR count). The molecule has 0 bridgehead atoms. The molecule has 3 atom stereocenters. The van der Waals surface area contributed by atoms with Gasteiger partial charge in [0, 0.05) is 0 Å². The number of primary amides is 1. The van der Waals surface area contributed by atoms with Crippen LogP contribution in [-0.4, -0.2) is 55.1 Å². The van der Waals surface area contributed by atoms with Crippen LogP contribution in [0.3, 0.4) is 0 Å². The summed E-state index contributed by atoms with van der Waals surface area (Å²) >= 11 is 0. The van der Waals surface area contributed by atoms with Crippen LogP contribution in [0.15, 0.2) is 30.3 Å². The van der Waals surface area contributed by atoms with Gasteiger partial charge in [-0.3, -0.25) is 19.2 Å². The van der Waals surface area contributed by atoms with Crippen LogP contribution < -0.4 is 16.4 Å². The monoisotopic (exact) mass is 493 g/mol. The van der Waals surface area contributed by atoms with E-state index in [0.29, 0.717) is 0 Å². The summed E-state index contributed by atoms with van der Waals surface area (Å²) in [5.41, 5.74) is 6.22. The number of nitrogens with one attached hydrogen (secondary N) is 2. The van der Waals surface area contributed by atoms with E-state index in [1.54, 1.807) is 38.1 Å². The molecule has 1 aromatic carbocycles. The molecule has 4 N–H and O–H groups in total. The molecule has 0 unspecified atom stereocenters. The minimum absolute atomic E-state index is 0.00290. The number of benzene rings is 1. The maximum Gasteiger partial charge on any atom is 0.408 e. The molecule has 0 saturated carbocycles. The van der Waals surface area contributed by atoms with Gasteiger partial charge in [-0.15, -0.1) is 0 Å². The van der Waals surface area contributed by atoms with E-state index in [1.165, 1.54) is 0 Å². The van der Waals surface area contributed by atoms with Crippen LogP contribution in [0, 0.1) is 11.8 Å². The summed E-state index contributed by atoms with van der Waals surface area (Å²) in [6.07, 6.45) is -1.15. The van der Waals surface area contributed by atoms with E-state index in [0.717, 1.165) is 5.56 Å². The van der Waals surface area contributed by atoms with E-state index in [4.69, 9.17) is 19.9 Å². The third-order valence-electron chi connectivity index (χ3n) is 4.82. The Morgan fingerprint density at radius 3 is 2.09 bits per heavy atom. The Hall–Kier alpha value is -3.63. The summed E-state index contributed by atoms with van der Waals surface area (Å²) in [5, 5.41) is 4.88. The van der Waals surface area contributed by atoms with Gasteiger partial charge < -0.3 is 30.6 Å². The lowest BCUT2D eigenvalue weighted by Gasteiger charge is -2.26. The average molecular weight is 494 g/mol. The number of hydrogen-bond acceptors (Lipinski definition) is 8. The first kappa shape index (κ1) is 29.4. The Morgan fingerprint density at radius 2 is 1.54 bits per heavy atom. The number of hydrogen-bond donors (Lipinski definition) is 3. The van der Waals surface area contributed by atoms with Crippen molar-refractivity contribution in [1.29, 1.82) is 0 Å². The predicted octanol–water partition coefficient (Wildman–Crippen LogP) is 1.43. The maximum absolute atomic E-state index is 13.0. The van der Waals surface area contributed by atoms with E-state index in [-0.39, 0.29) is 32.2 Å². The molecular weight excluding hydrogens is 458 g/mol. The van der Waals surface area contributed by atoms with Crippen LogP contribution in [0.25, 0.3) is 0 Å². The number of rotatable bonds is 14. The normalized spacial score (nSPS) is 13.2. The summed E-state index contributed by atoms with van der Waals surface area (Å²) in [6.45, 7) is 6.87. The molecule has 11 nitrogen and oxygen atoms in total. The van der Waals surface area contributed by atoms with Crippen molar-refractivity contribution >= 4 is 29.8 Å². The molecule has 0 aliphatic carbocycles. The van der Waals surface area contributed by atoms with Gasteiger partial charge in [-0.2, -0.15) is 0 Å². The highest BCUT2D eigenvalue weighted by Gasteiger charge is 2.38. The smallest absolute Gasteiger partial charge is 0.408 e. The van der Waals surface area contributed by atoms with Crippen molar-refractivity contribution < 1.29 is 38.2 Å². The summed E-state index contributed by atoms with van der Waals surface area (Å²) in [7, 11) is 0. The van der Waals surface area contributed by atoms with E-state index >= 15 is 0 Å². The van der Waals surface area contributed by atoms with Crippen molar-refractivity contribution in [2.24, 2.45) is 17.6 Å². The molecule has 0 heterocycles. The first-order valence-electron chi connectivity index (χ1n) is 11.5. The molecule has 0 spiro atoms. The number of esters is 2. The van der Waals surface area contributed by atoms with Crippen LogP contribution >= 0.6 is 0 Å². The molecule has 11 heteroatoms. The molecule has 3 amide bonds. The van der Waals surface area contributed by atoms with Crippen molar-refractivity contribution in [3.05, 3.63) is 35.9 Å². The standard InChI is InChI=1S/C24H35N3O8/c1-5-33-19(28)13-17(23(31)34-6-2)20(21(25)29)27-22(30)18(12-15(3)4)26-24(32)35-14-16-10-8-7-9-11-16/h7-11,15,17-18,20H,5-6,12-14H2,1-4H3,(H2,25,29)(H,26,32)(H,27,30)/t17-,18+,20+/m1/s1. The Kier molecular flexibility index (Phi) is 12.9. The lowest BCUT2D eigenvalue weighted by Crippen LogP contribution is -2.57. The first-order valence-corrected chi connectivity index (χ1v) is 11.5. The van der Waals surface area contributed by atoms with Gasteiger partial charge in [0.1, 0.15) is 18.7 Å².